The molecule has 0 fully saturated rings. The molecule has 0 aliphatic carbocycles. The molecule has 2 N–H and O–H groups in total. The van der Waals surface area contributed by atoms with Gasteiger partial charge in [-0.15, -0.1) is 0 Å². The number of nitrogens with one attached hydrogen (secondary N) is 2. The molecule has 0 unspecified atom stereocenters. The Morgan fingerprint density at radius 2 is 1.58 bits per heavy atom. The van der Waals surface area contributed by atoms with E-state index in [0.717, 1.165) is 25.2 Å². The highest BCUT2D eigenvalue weighted by Crippen LogP contribution is 2.08. The highest BCUT2D eigenvalue weighted by Gasteiger charge is 2.22. The van der Waals surface area contributed by atoms with E-state index in [1.54, 1.807) is 0 Å². The fourth-order valence-corrected chi connectivity index (χ4v) is 2.52. The highest BCUT2D eigenvalue weighted by atomic mass is 16.2. The molecule has 0 aliphatic rings. The van der Waals surface area contributed by atoms with Crippen molar-refractivity contribution < 1.29 is 9.59 Å². The minimum Gasteiger partial charge on any atom is -0.350 e. The van der Waals surface area contributed by atoms with Gasteiger partial charge < -0.3 is 10.6 Å². The first-order valence-corrected chi connectivity index (χ1v) is 8.72. The molecule has 1 aromatic rings. The Morgan fingerprint density at radius 3 is 2.04 bits per heavy atom. The first-order chi connectivity index (χ1) is 11.4. The van der Waals surface area contributed by atoms with Gasteiger partial charge in [-0.3, -0.25) is 14.5 Å². The summed E-state index contributed by atoms with van der Waals surface area (Å²) in [5.41, 5.74) is 2.32. The monoisotopic (exact) mass is 333 g/mol. The molecule has 0 spiro atoms. The number of amides is 2. The summed E-state index contributed by atoms with van der Waals surface area (Å²) in [5, 5.41) is 5.61. The summed E-state index contributed by atoms with van der Waals surface area (Å²) in [5.74, 6) is -0.289. The summed E-state index contributed by atoms with van der Waals surface area (Å²) in [7, 11) is 0. The second kappa shape index (κ2) is 10.1. The molecule has 0 saturated carbocycles. The average Bonchev–Trinajstić information content (AvgIpc) is 2.56. The topological polar surface area (TPSA) is 61.4 Å². The van der Waals surface area contributed by atoms with Crippen molar-refractivity contribution in [3.8, 4) is 0 Å². The summed E-state index contributed by atoms with van der Waals surface area (Å²) >= 11 is 0. The van der Waals surface area contributed by atoms with Crippen molar-refractivity contribution in [2.75, 3.05) is 13.1 Å². The van der Waals surface area contributed by atoms with E-state index in [1.807, 2.05) is 26.0 Å². The van der Waals surface area contributed by atoms with Crippen LogP contribution in [0.2, 0.25) is 0 Å². The minimum absolute atomic E-state index is 0.0466. The van der Waals surface area contributed by atoms with E-state index in [0.29, 0.717) is 6.54 Å². The van der Waals surface area contributed by atoms with Crippen LogP contribution in [0, 0.1) is 5.92 Å². The van der Waals surface area contributed by atoms with Gasteiger partial charge in [0.15, 0.2) is 0 Å². The van der Waals surface area contributed by atoms with E-state index < -0.39 is 6.04 Å². The fraction of sp³-hybridized carbons (Fsp3) is 0.579. The fourth-order valence-electron chi connectivity index (χ4n) is 2.52. The van der Waals surface area contributed by atoms with Crippen LogP contribution in [0.1, 0.15) is 45.7 Å². The number of hydrogen-bond donors (Lipinski definition) is 2. The molecule has 0 radical (unpaired) electrons. The van der Waals surface area contributed by atoms with Crippen LogP contribution in [0.25, 0.3) is 0 Å². The number of benzene rings is 1. The largest absolute Gasteiger partial charge is 0.350 e. The Morgan fingerprint density at radius 1 is 1.04 bits per heavy atom. The highest BCUT2D eigenvalue weighted by molar-refractivity contribution is 5.86. The zero-order chi connectivity index (χ0) is 18.1. The Balaban J connectivity index is 2.57. The number of nitrogens with zero attached hydrogens (tertiary/aromatic N) is 1. The number of hydrogen-bond acceptors (Lipinski definition) is 3. The number of carbonyl (C=O) groups excluding carboxylic acids is 2. The Bertz CT molecular complexity index is 522. The van der Waals surface area contributed by atoms with E-state index in [9.17, 15) is 9.59 Å². The third-order valence-corrected chi connectivity index (χ3v) is 4.10. The third kappa shape index (κ3) is 6.71. The Labute approximate surface area is 145 Å². The molecule has 1 rings (SSSR count). The van der Waals surface area contributed by atoms with Crippen LogP contribution in [-0.2, 0) is 22.7 Å². The quantitative estimate of drug-likeness (QED) is 0.729. The van der Waals surface area contributed by atoms with Gasteiger partial charge in [-0.1, -0.05) is 52.0 Å². The molecule has 1 aromatic carbocycles. The number of carbonyl (C=O) groups is 2. The molecule has 1 atom stereocenters. The van der Waals surface area contributed by atoms with Crippen molar-refractivity contribution in [2.24, 2.45) is 5.92 Å². The van der Waals surface area contributed by atoms with Gasteiger partial charge >= 0.3 is 0 Å². The zero-order valence-electron chi connectivity index (χ0n) is 15.6. The maximum absolute atomic E-state index is 12.3. The Hall–Kier alpha value is -1.88. The minimum atomic E-state index is -0.496. The van der Waals surface area contributed by atoms with Crippen LogP contribution in [0.3, 0.4) is 0 Å². The molecule has 5 heteroatoms. The van der Waals surface area contributed by atoms with Gasteiger partial charge in [0, 0.05) is 20.0 Å². The second-order valence-corrected chi connectivity index (χ2v) is 6.42. The van der Waals surface area contributed by atoms with Crippen LogP contribution in [-0.4, -0.2) is 35.8 Å². The molecule has 24 heavy (non-hydrogen) atoms. The van der Waals surface area contributed by atoms with Gasteiger partial charge in [0.25, 0.3) is 0 Å². The first-order valence-electron chi connectivity index (χ1n) is 8.72. The van der Waals surface area contributed by atoms with Gasteiger partial charge in [-0.25, -0.2) is 0 Å². The summed E-state index contributed by atoms with van der Waals surface area (Å²) in [4.78, 5) is 25.8. The van der Waals surface area contributed by atoms with Crippen LogP contribution >= 0.6 is 0 Å². The lowest BCUT2D eigenvalue weighted by molar-refractivity contribution is -0.129. The van der Waals surface area contributed by atoms with Crippen LogP contribution < -0.4 is 10.6 Å². The van der Waals surface area contributed by atoms with Crippen LogP contribution in [0.4, 0.5) is 0 Å². The summed E-state index contributed by atoms with van der Waals surface area (Å²) in [6, 6.07) is 7.80. The molecule has 5 nitrogen and oxygen atoms in total. The van der Waals surface area contributed by atoms with Crippen LogP contribution in [0.5, 0.6) is 0 Å². The summed E-state index contributed by atoms with van der Waals surface area (Å²) in [6.45, 7) is 13.1. The van der Waals surface area contributed by atoms with E-state index >= 15 is 0 Å². The predicted molar refractivity (Wildman–Crippen MR) is 97.4 cm³/mol. The van der Waals surface area contributed by atoms with Crippen molar-refractivity contribution >= 4 is 11.8 Å². The average molecular weight is 333 g/mol. The van der Waals surface area contributed by atoms with E-state index in [4.69, 9.17) is 0 Å². The molecule has 0 heterocycles. The molecular weight excluding hydrogens is 302 g/mol. The number of rotatable bonds is 9. The lowest BCUT2D eigenvalue weighted by Crippen LogP contribution is -2.48. The van der Waals surface area contributed by atoms with Crippen molar-refractivity contribution in [3.05, 3.63) is 35.4 Å². The zero-order valence-corrected chi connectivity index (χ0v) is 15.6. The van der Waals surface area contributed by atoms with E-state index in [2.05, 4.69) is 41.5 Å². The molecular formula is C19H31N3O2. The van der Waals surface area contributed by atoms with Gasteiger partial charge in [0.05, 0.1) is 0 Å². The smallest absolute Gasteiger partial charge is 0.243 e. The molecule has 0 aliphatic heterocycles. The third-order valence-electron chi connectivity index (χ3n) is 4.10. The van der Waals surface area contributed by atoms with Crippen molar-refractivity contribution in [1.29, 1.82) is 0 Å². The molecule has 0 saturated heterocycles. The van der Waals surface area contributed by atoms with Gasteiger partial charge in [0.1, 0.15) is 6.04 Å². The summed E-state index contributed by atoms with van der Waals surface area (Å²) < 4.78 is 0. The van der Waals surface area contributed by atoms with Gasteiger partial charge in [0.2, 0.25) is 11.8 Å². The molecule has 0 bridgehead atoms. The van der Waals surface area contributed by atoms with E-state index in [1.165, 1.54) is 12.5 Å². The first kappa shape index (κ1) is 20.2. The standard InChI is InChI=1S/C19H31N3O2/c1-6-22(7-2)13-17-10-8-16(9-11-17)12-20-19(24)18(14(3)4)21-15(5)23/h8-11,14,18H,6-7,12-13H2,1-5H3,(H,20,24)(H,21,23)/t18-/m0/s1. The van der Waals surface area contributed by atoms with Crippen molar-refractivity contribution in [1.82, 2.24) is 15.5 Å². The normalized spacial score (nSPS) is 12.3. The second-order valence-electron chi connectivity index (χ2n) is 6.42. The van der Waals surface area contributed by atoms with Gasteiger partial charge in [-0.05, 0) is 30.1 Å². The maximum Gasteiger partial charge on any atom is 0.243 e. The SMILES string of the molecule is CCN(CC)Cc1ccc(CNC(=O)[C@@H](NC(C)=O)C(C)C)cc1. The van der Waals surface area contributed by atoms with E-state index in [-0.39, 0.29) is 17.7 Å². The molecule has 2 amide bonds. The van der Waals surface area contributed by atoms with Crippen LogP contribution in [0.15, 0.2) is 24.3 Å². The Kier molecular flexibility index (Phi) is 8.47. The van der Waals surface area contributed by atoms with Crippen molar-refractivity contribution in [3.63, 3.8) is 0 Å². The lowest BCUT2D eigenvalue weighted by Gasteiger charge is -2.21. The van der Waals surface area contributed by atoms with Gasteiger partial charge in [-0.2, -0.15) is 0 Å². The summed E-state index contributed by atoms with van der Waals surface area (Å²) in [6.07, 6.45) is 0. The maximum atomic E-state index is 12.3. The lowest BCUT2D eigenvalue weighted by atomic mass is 10.0. The van der Waals surface area contributed by atoms with Crippen molar-refractivity contribution in [2.45, 2.75) is 53.8 Å². The molecule has 134 valence electrons. The molecule has 0 aromatic heterocycles. The predicted octanol–water partition coefficient (Wildman–Crippen LogP) is 2.31.